The molecule has 3 aliphatic rings. The Balaban J connectivity index is 2.03. The number of benzene rings is 1. The number of likely N-dealkylation sites (N-methyl/N-ethyl adjacent to an activating group) is 1. The lowest BCUT2D eigenvalue weighted by molar-refractivity contribution is -0.159. The second kappa shape index (κ2) is 7.08. The second-order valence-electron chi connectivity index (χ2n) is 9.18. The first-order chi connectivity index (χ1) is 15.3. The lowest BCUT2D eigenvalue weighted by atomic mass is 9.54. The Morgan fingerprint density at radius 1 is 1.21 bits per heavy atom. The lowest BCUT2D eigenvalue weighted by Gasteiger charge is -2.53. The van der Waals surface area contributed by atoms with Crippen molar-refractivity contribution in [3.63, 3.8) is 0 Å². The predicted octanol–water partition coefficient (Wildman–Crippen LogP) is -0.264. The Kier molecular flexibility index (Phi) is 4.90. The smallest absolute Gasteiger partial charge is 0.255 e. The summed E-state index contributed by atoms with van der Waals surface area (Å²) < 4.78 is 0. The normalized spacial score (nSPS) is 33.6. The van der Waals surface area contributed by atoms with Crippen LogP contribution in [0, 0.1) is 11.8 Å². The summed E-state index contributed by atoms with van der Waals surface area (Å²) in [7, 11) is 3.01. The third-order valence-electron chi connectivity index (χ3n) is 7.18. The van der Waals surface area contributed by atoms with E-state index in [1.807, 2.05) is 0 Å². The van der Waals surface area contributed by atoms with Gasteiger partial charge < -0.3 is 26.2 Å². The Morgan fingerprint density at radius 2 is 1.85 bits per heavy atom. The highest BCUT2D eigenvalue weighted by Crippen LogP contribution is 2.56. The molecule has 3 aliphatic carbocycles. The molecule has 174 valence electrons. The number of hydrogen-bond donors (Lipinski definition) is 5. The van der Waals surface area contributed by atoms with Gasteiger partial charge >= 0.3 is 0 Å². The fraction of sp³-hybridized carbons (Fsp3) is 0.391. The number of carbonyl (C=O) groups excluding carboxylic acids is 4. The average molecular weight is 456 g/mol. The van der Waals surface area contributed by atoms with Crippen molar-refractivity contribution in [1.29, 1.82) is 0 Å². The van der Waals surface area contributed by atoms with E-state index in [1.165, 1.54) is 44.1 Å². The molecule has 0 aliphatic heterocycles. The third kappa shape index (κ3) is 2.78. The molecule has 0 aromatic heterocycles. The molecule has 1 saturated carbocycles. The number of nitrogens with zero attached hydrogens (tertiary/aromatic N) is 1. The van der Waals surface area contributed by atoms with E-state index in [2.05, 4.69) is 0 Å². The number of carbonyl (C=O) groups is 4. The van der Waals surface area contributed by atoms with Gasteiger partial charge in [0.1, 0.15) is 23.4 Å². The highest BCUT2D eigenvalue weighted by molar-refractivity contribution is 6.24. The van der Waals surface area contributed by atoms with Crippen LogP contribution in [0.5, 0.6) is 0 Å². The molecule has 10 heteroatoms. The molecule has 0 saturated heterocycles. The number of rotatable bonds is 3. The number of Topliss-reactive ketones (excluding diaryl/α,β-unsaturated/α-hetero) is 2. The maximum absolute atomic E-state index is 13.7. The summed E-state index contributed by atoms with van der Waals surface area (Å²) >= 11 is 0. The van der Waals surface area contributed by atoms with Gasteiger partial charge in [0.2, 0.25) is 5.78 Å². The molecule has 0 heterocycles. The highest BCUT2D eigenvalue weighted by atomic mass is 16.3. The number of primary amides is 1. The minimum absolute atomic E-state index is 0.0286. The van der Waals surface area contributed by atoms with E-state index in [0.29, 0.717) is 6.29 Å². The first kappa shape index (κ1) is 22.8. The Hall–Kier alpha value is -3.34. The summed E-state index contributed by atoms with van der Waals surface area (Å²) in [5, 5.41) is 44.8. The molecule has 6 N–H and O–H groups in total. The molecule has 10 nitrogen and oxygen atoms in total. The van der Waals surface area contributed by atoms with Crippen LogP contribution in [0.3, 0.4) is 0 Å². The van der Waals surface area contributed by atoms with Crippen molar-refractivity contribution in [3.8, 4) is 0 Å². The van der Waals surface area contributed by atoms with E-state index in [-0.39, 0.29) is 28.7 Å². The van der Waals surface area contributed by atoms with Crippen LogP contribution in [0.25, 0.3) is 5.76 Å². The van der Waals surface area contributed by atoms with Crippen molar-refractivity contribution in [2.24, 2.45) is 17.6 Å². The number of fused-ring (bicyclic) bond motifs is 3. The number of hydrogen-bond acceptors (Lipinski definition) is 9. The zero-order valence-electron chi connectivity index (χ0n) is 18.2. The van der Waals surface area contributed by atoms with Crippen molar-refractivity contribution < 1.29 is 39.6 Å². The quantitative estimate of drug-likeness (QED) is 0.302. The van der Waals surface area contributed by atoms with E-state index in [9.17, 15) is 39.6 Å². The summed E-state index contributed by atoms with van der Waals surface area (Å²) in [4.78, 5) is 51.3. The summed E-state index contributed by atoms with van der Waals surface area (Å²) in [6.45, 7) is 1.43. The minimum atomic E-state index is -2.73. The molecule has 1 aromatic rings. The largest absolute Gasteiger partial charge is 0.508 e. The fourth-order valence-corrected chi connectivity index (χ4v) is 5.57. The summed E-state index contributed by atoms with van der Waals surface area (Å²) in [5.74, 6) is -7.34. The molecule has 1 aromatic carbocycles. The van der Waals surface area contributed by atoms with Gasteiger partial charge in [-0.3, -0.25) is 24.1 Å². The molecule has 0 radical (unpaired) electrons. The summed E-state index contributed by atoms with van der Waals surface area (Å²) in [6.07, 6.45) is 0.349. The number of aldehydes is 1. The van der Waals surface area contributed by atoms with Crippen LogP contribution in [0.1, 0.15) is 34.8 Å². The van der Waals surface area contributed by atoms with Crippen LogP contribution >= 0.6 is 0 Å². The van der Waals surface area contributed by atoms with E-state index >= 15 is 0 Å². The van der Waals surface area contributed by atoms with Gasteiger partial charge in [-0.2, -0.15) is 0 Å². The van der Waals surface area contributed by atoms with Gasteiger partial charge in [-0.1, -0.05) is 12.1 Å². The standard InChI is InChI=1S/C23H24N2O8/c1-22(32)11-5-4-9(8-26)6-10(11)17(27)14-12(22)7-13-16(25(2)3)18(28)15(21(24)31)20(30)23(13,33)19(14)29/h4-6,8,12-13,16,27,30,32-33H,7H2,1-3H3,(H2,24,31)/t12-,13-,16-,22+,23-/m0/s1. The molecule has 0 unspecified atom stereocenters. The maximum Gasteiger partial charge on any atom is 0.255 e. The first-order valence-electron chi connectivity index (χ1n) is 10.3. The van der Waals surface area contributed by atoms with Gasteiger partial charge in [-0.15, -0.1) is 0 Å². The van der Waals surface area contributed by atoms with Gasteiger partial charge in [-0.25, -0.2) is 0 Å². The Labute approximate surface area is 188 Å². The Bertz CT molecular complexity index is 1190. The van der Waals surface area contributed by atoms with Crippen LogP contribution in [0.15, 0.2) is 35.1 Å². The van der Waals surface area contributed by atoms with E-state index in [0.717, 1.165) is 0 Å². The fourth-order valence-electron chi connectivity index (χ4n) is 5.57. The highest BCUT2D eigenvalue weighted by Gasteiger charge is 2.66. The topological polar surface area (TPSA) is 178 Å². The van der Waals surface area contributed by atoms with Gasteiger partial charge in [0.15, 0.2) is 11.4 Å². The van der Waals surface area contributed by atoms with E-state index in [1.54, 1.807) is 0 Å². The van der Waals surface area contributed by atoms with Crippen molar-refractivity contribution in [1.82, 2.24) is 4.90 Å². The molecular formula is C23H24N2O8. The van der Waals surface area contributed by atoms with Crippen LogP contribution in [-0.2, 0) is 20.0 Å². The second-order valence-corrected chi connectivity index (χ2v) is 9.18. The van der Waals surface area contributed by atoms with Crippen LogP contribution < -0.4 is 5.73 Å². The van der Waals surface area contributed by atoms with Gasteiger partial charge in [-0.05, 0) is 39.1 Å². The predicted molar refractivity (Wildman–Crippen MR) is 114 cm³/mol. The average Bonchev–Trinajstić information content (AvgIpc) is 2.73. The zero-order valence-corrected chi connectivity index (χ0v) is 18.2. The van der Waals surface area contributed by atoms with Crippen LogP contribution in [0.4, 0.5) is 0 Å². The molecular weight excluding hydrogens is 432 g/mol. The molecule has 33 heavy (non-hydrogen) atoms. The number of amides is 1. The first-order valence-corrected chi connectivity index (χ1v) is 10.3. The minimum Gasteiger partial charge on any atom is -0.508 e. The van der Waals surface area contributed by atoms with Gasteiger partial charge in [0.25, 0.3) is 5.91 Å². The van der Waals surface area contributed by atoms with Crippen molar-refractivity contribution in [2.45, 2.75) is 30.6 Å². The molecule has 1 fully saturated rings. The number of nitrogens with two attached hydrogens (primary N) is 1. The monoisotopic (exact) mass is 456 g/mol. The number of aliphatic hydroxyl groups is 4. The van der Waals surface area contributed by atoms with Crippen molar-refractivity contribution >= 4 is 29.5 Å². The van der Waals surface area contributed by atoms with Gasteiger partial charge in [0.05, 0.1) is 11.6 Å². The van der Waals surface area contributed by atoms with Crippen molar-refractivity contribution in [3.05, 3.63) is 51.8 Å². The van der Waals surface area contributed by atoms with Gasteiger partial charge in [0, 0.05) is 28.5 Å². The molecule has 0 spiro atoms. The maximum atomic E-state index is 13.7. The molecule has 1 amide bonds. The molecule has 0 bridgehead atoms. The summed E-state index contributed by atoms with van der Waals surface area (Å²) in [5.41, 5.74) is 0.0521. The van der Waals surface area contributed by atoms with Crippen LogP contribution in [0.2, 0.25) is 0 Å². The SMILES string of the molecule is CN(C)[C@@H]1C(=O)C(C(N)=O)=C(O)[C@@]2(O)C(=O)C3=C(O)c4cc(C=O)ccc4[C@@](C)(O)[C@H]3C[C@@H]12. The third-order valence-corrected chi connectivity index (χ3v) is 7.18. The van der Waals surface area contributed by atoms with Crippen LogP contribution in [-0.4, -0.2) is 74.8 Å². The van der Waals surface area contributed by atoms with E-state index in [4.69, 9.17) is 5.73 Å². The Morgan fingerprint density at radius 3 is 2.39 bits per heavy atom. The van der Waals surface area contributed by atoms with E-state index < -0.39 is 63.6 Å². The number of ketones is 2. The molecule has 5 atom stereocenters. The number of aliphatic hydroxyl groups excluding tert-OH is 2. The zero-order chi connectivity index (χ0) is 24.6. The van der Waals surface area contributed by atoms with Crippen molar-refractivity contribution in [2.75, 3.05) is 14.1 Å². The summed E-state index contributed by atoms with van der Waals surface area (Å²) in [6, 6.07) is 3.02. The molecule has 4 rings (SSSR count). The lowest BCUT2D eigenvalue weighted by Crippen LogP contribution is -2.67.